The maximum Gasteiger partial charge on any atom is 0.0682 e. The van der Waals surface area contributed by atoms with Crippen LogP contribution in [0.4, 0.5) is 0 Å². The lowest BCUT2D eigenvalue weighted by Crippen LogP contribution is -2.18. The van der Waals surface area contributed by atoms with Crippen molar-refractivity contribution in [1.29, 1.82) is 0 Å². The van der Waals surface area contributed by atoms with Crippen LogP contribution < -0.4 is 5.73 Å². The van der Waals surface area contributed by atoms with Gasteiger partial charge in [0.25, 0.3) is 0 Å². The van der Waals surface area contributed by atoms with Crippen molar-refractivity contribution in [2.75, 3.05) is 0 Å². The van der Waals surface area contributed by atoms with Gasteiger partial charge < -0.3 is 5.73 Å². The summed E-state index contributed by atoms with van der Waals surface area (Å²) in [4.78, 5) is 0. The van der Waals surface area contributed by atoms with E-state index < -0.39 is 0 Å². The molecule has 0 saturated carbocycles. The lowest BCUT2D eigenvalue weighted by Gasteiger charge is -2.06. The summed E-state index contributed by atoms with van der Waals surface area (Å²) >= 11 is 0. The van der Waals surface area contributed by atoms with Gasteiger partial charge in [0.15, 0.2) is 0 Å². The molecule has 0 aliphatic rings. The molecule has 0 aliphatic heterocycles. The highest BCUT2D eigenvalue weighted by Crippen LogP contribution is 2.18. The molecule has 1 heterocycles. The molecule has 1 aromatic rings. The average molecular weight is 181 g/mol. The molecule has 0 spiro atoms. The summed E-state index contributed by atoms with van der Waals surface area (Å²) in [5, 5.41) is 4.42. The van der Waals surface area contributed by atoms with Crippen molar-refractivity contribution < 1.29 is 0 Å². The fraction of sp³-hybridized carbons (Fsp3) is 0.700. The number of aryl methyl sites for hydroxylation is 1. The SMILES string of the molecule is CC(N)Cc1cn(C)nc1C(C)C. The highest BCUT2D eigenvalue weighted by atomic mass is 15.3. The van der Waals surface area contributed by atoms with E-state index in [0.29, 0.717) is 5.92 Å². The van der Waals surface area contributed by atoms with Crippen molar-refractivity contribution in [1.82, 2.24) is 9.78 Å². The van der Waals surface area contributed by atoms with Crippen molar-refractivity contribution in [2.24, 2.45) is 12.8 Å². The molecule has 74 valence electrons. The lowest BCUT2D eigenvalue weighted by atomic mass is 10.0. The highest BCUT2D eigenvalue weighted by Gasteiger charge is 2.11. The van der Waals surface area contributed by atoms with Crippen LogP contribution in [0.2, 0.25) is 0 Å². The minimum absolute atomic E-state index is 0.210. The third-order valence-corrected chi connectivity index (χ3v) is 2.03. The van der Waals surface area contributed by atoms with Gasteiger partial charge in [0.05, 0.1) is 5.69 Å². The van der Waals surface area contributed by atoms with Crippen LogP contribution in [0.25, 0.3) is 0 Å². The highest BCUT2D eigenvalue weighted by molar-refractivity contribution is 5.21. The first-order chi connectivity index (χ1) is 6.00. The van der Waals surface area contributed by atoms with Gasteiger partial charge in [-0.3, -0.25) is 4.68 Å². The van der Waals surface area contributed by atoms with E-state index in [1.54, 1.807) is 0 Å². The molecular formula is C10H19N3. The molecule has 3 nitrogen and oxygen atoms in total. The summed E-state index contributed by atoms with van der Waals surface area (Å²) in [6, 6.07) is 0.210. The minimum Gasteiger partial charge on any atom is -0.328 e. The first-order valence-electron chi connectivity index (χ1n) is 4.78. The molecule has 3 heteroatoms. The summed E-state index contributed by atoms with van der Waals surface area (Å²) < 4.78 is 1.87. The van der Waals surface area contributed by atoms with Gasteiger partial charge in [0, 0.05) is 19.3 Å². The predicted molar refractivity (Wildman–Crippen MR) is 54.7 cm³/mol. The first-order valence-corrected chi connectivity index (χ1v) is 4.78. The monoisotopic (exact) mass is 181 g/mol. The van der Waals surface area contributed by atoms with Gasteiger partial charge in [0.2, 0.25) is 0 Å². The van der Waals surface area contributed by atoms with Crippen LogP contribution in [0.1, 0.15) is 37.9 Å². The topological polar surface area (TPSA) is 43.8 Å². The lowest BCUT2D eigenvalue weighted by molar-refractivity contribution is 0.702. The van der Waals surface area contributed by atoms with E-state index >= 15 is 0 Å². The molecule has 0 radical (unpaired) electrons. The van der Waals surface area contributed by atoms with Gasteiger partial charge in [-0.15, -0.1) is 0 Å². The molecular weight excluding hydrogens is 162 g/mol. The number of hydrogen-bond acceptors (Lipinski definition) is 2. The third-order valence-electron chi connectivity index (χ3n) is 2.03. The summed E-state index contributed by atoms with van der Waals surface area (Å²) in [6.45, 7) is 6.34. The summed E-state index contributed by atoms with van der Waals surface area (Å²) in [6.07, 6.45) is 2.99. The quantitative estimate of drug-likeness (QED) is 0.766. The van der Waals surface area contributed by atoms with Gasteiger partial charge in [0.1, 0.15) is 0 Å². The Kier molecular flexibility index (Phi) is 3.09. The van der Waals surface area contributed by atoms with Crippen LogP contribution >= 0.6 is 0 Å². The van der Waals surface area contributed by atoms with E-state index in [-0.39, 0.29) is 6.04 Å². The van der Waals surface area contributed by atoms with Gasteiger partial charge in [-0.1, -0.05) is 13.8 Å². The van der Waals surface area contributed by atoms with Gasteiger partial charge in [-0.25, -0.2) is 0 Å². The molecule has 2 N–H and O–H groups in total. The molecule has 0 aliphatic carbocycles. The maximum atomic E-state index is 5.77. The van der Waals surface area contributed by atoms with E-state index in [0.717, 1.165) is 6.42 Å². The Labute approximate surface area is 79.9 Å². The third kappa shape index (κ3) is 2.56. The van der Waals surface area contributed by atoms with Crippen LogP contribution in [0.15, 0.2) is 6.20 Å². The second kappa shape index (κ2) is 3.92. The van der Waals surface area contributed by atoms with Gasteiger partial charge in [-0.2, -0.15) is 5.10 Å². The molecule has 1 aromatic heterocycles. The second-order valence-electron chi connectivity index (χ2n) is 4.05. The minimum atomic E-state index is 0.210. The number of nitrogens with zero attached hydrogens (tertiary/aromatic N) is 2. The van der Waals surface area contributed by atoms with Crippen LogP contribution in [0.5, 0.6) is 0 Å². The van der Waals surface area contributed by atoms with Gasteiger partial charge >= 0.3 is 0 Å². The van der Waals surface area contributed by atoms with Crippen LogP contribution in [-0.4, -0.2) is 15.8 Å². The zero-order chi connectivity index (χ0) is 10.0. The Morgan fingerprint density at radius 3 is 2.54 bits per heavy atom. The fourth-order valence-electron chi connectivity index (χ4n) is 1.55. The normalized spacial score (nSPS) is 13.7. The Hall–Kier alpha value is -0.830. The van der Waals surface area contributed by atoms with E-state index in [1.165, 1.54) is 11.3 Å². The van der Waals surface area contributed by atoms with E-state index in [1.807, 2.05) is 18.7 Å². The maximum absolute atomic E-state index is 5.77. The van der Waals surface area contributed by atoms with Crippen molar-refractivity contribution >= 4 is 0 Å². The Morgan fingerprint density at radius 2 is 2.08 bits per heavy atom. The summed E-state index contributed by atoms with van der Waals surface area (Å²) in [5.41, 5.74) is 8.23. The van der Waals surface area contributed by atoms with Crippen molar-refractivity contribution in [2.45, 2.75) is 39.2 Å². The van der Waals surface area contributed by atoms with Crippen LogP contribution in [-0.2, 0) is 13.5 Å². The molecule has 0 fully saturated rings. The molecule has 0 bridgehead atoms. The zero-order valence-corrected chi connectivity index (χ0v) is 8.91. The molecule has 13 heavy (non-hydrogen) atoms. The standard InChI is InChI=1S/C10H19N3/c1-7(2)10-9(5-8(3)11)6-13(4)12-10/h6-8H,5,11H2,1-4H3. The molecule has 0 aromatic carbocycles. The largest absolute Gasteiger partial charge is 0.328 e. The molecule has 0 saturated heterocycles. The number of hydrogen-bond donors (Lipinski definition) is 1. The fourth-order valence-corrected chi connectivity index (χ4v) is 1.55. The summed E-state index contributed by atoms with van der Waals surface area (Å²) in [5.74, 6) is 0.481. The average Bonchev–Trinajstić information content (AvgIpc) is 2.29. The number of nitrogens with two attached hydrogens (primary N) is 1. The summed E-state index contributed by atoms with van der Waals surface area (Å²) in [7, 11) is 1.95. The Bertz CT molecular complexity index is 274. The van der Waals surface area contributed by atoms with E-state index in [4.69, 9.17) is 5.73 Å². The zero-order valence-electron chi connectivity index (χ0n) is 8.91. The molecule has 1 rings (SSSR count). The smallest absolute Gasteiger partial charge is 0.0682 e. The number of aromatic nitrogens is 2. The van der Waals surface area contributed by atoms with Crippen molar-refractivity contribution in [3.8, 4) is 0 Å². The predicted octanol–water partition coefficient (Wildman–Crippen LogP) is 1.43. The van der Waals surface area contributed by atoms with E-state index in [9.17, 15) is 0 Å². The van der Waals surface area contributed by atoms with Crippen molar-refractivity contribution in [3.05, 3.63) is 17.5 Å². The van der Waals surface area contributed by atoms with Crippen LogP contribution in [0.3, 0.4) is 0 Å². The van der Waals surface area contributed by atoms with Gasteiger partial charge in [-0.05, 0) is 24.8 Å². The first kappa shape index (κ1) is 10.3. The Morgan fingerprint density at radius 1 is 1.46 bits per heavy atom. The van der Waals surface area contributed by atoms with Crippen LogP contribution in [0, 0.1) is 0 Å². The molecule has 1 atom stereocenters. The Balaban J connectivity index is 2.91. The number of rotatable bonds is 3. The van der Waals surface area contributed by atoms with E-state index in [2.05, 4.69) is 25.1 Å². The second-order valence-corrected chi connectivity index (χ2v) is 4.05. The molecule has 0 amide bonds. The molecule has 1 unspecified atom stereocenters. The van der Waals surface area contributed by atoms with Crippen molar-refractivity contribution in [3.63, 3.8) is 0 Å².